The standard InChI is InChI=1S/C9H20N2O2S.2ClH/c10-6-2-1-3-7-13-9(12)5-4-8-14-11;;/h1-8,10-11H2;2*1H. The molecule has 0 aliphatic rings. The van der Waals surface area contributed by atoms with Gasteiger partial charge in [0.1, 0.15) is 0 Å². The average molecular weight is 293 g/mol. The van der Waals surface area contributed by atoms with Crippen molar-refractivity contribution in [1.29, 1.82) is 0 Å². The van der Waals surface area contributed by atoms with E-state index >= 15 is 0 Å². The second kappa shape index (κ2) is 17.7. The van der Waals surface area contributed by atoms with Crippen molar-refractivity contribution in [2.75, 3.05) is 18.9 Å². The molecule has 0 heterocycles. The van der Waals surface area contributed by atoms with E-state index in [9.17, 15) is 4.79 Å². The van der Waals surface area contributed by atoms with Crippen LogP contribution in [0.3, 0.4) is 0 Å². The van der Waals surface area contributed by atoms with Gasteiger partial charge in [-0.25, -0.2) is 0 Å². The molecule has 0 aromatic rings. The molecule has 0 aliphatic heterocycles. The number of rotatable bonds is 9. The molecular formula is C9H22Cl2N2O2S. The van der Waals surface area contributed by atoms with Crippen LogP contribution in [-0.4, -0.2) is 24.9 Å². The molecule has 0 radical (unpaired) electrons. The van der Waals surface area contributed by atoms with Gasteiger partial charge in [0.05, 0.1) is 6.61 Å². The highest BCUT2D eigenvalue weighted by molar-refractivity contribution is 7.97. The van der Waals surface area contributed by atoms with Crippen molar-refractivity contribution in [1.82, 2.24) is 0 Å². The van der Waals surface area contributed by atoms with E-state index in [1.165, 1.54) is 11.9 Å². The summed E-state index contributed by atoms with van der Waals surface area (Å²) in [6.07, 6.45) is 4.21. The fourth-order valence-corrected chi connectivity index (χ4v) is 1.29. The van der Waals surface area contributed by atoms with Gasteiger partial charge in [0.2, 0.25) is 0 Å². The van der Waals surface area contributed by atoms with Crippen molar-refractivity contribution < 1.29 is 9.53 Å². The zero-order chi connectivity index (χ0) is 10.6. The third-order valence-electron chi connectivity index (χ3n) is 1.75. The molecule has 0 unspecified atom stereocenters. The average Bonchev–Trinajstić information content (AvgIpc) is 2.18. The fourth-order valence-electron chi connectivity index (χ4n) is 0.981. The summed E-state index contributed by atoms with van der Waals surface area (Å²) in [5.74, 6) is 0.689. The maximum Gasteiger partial charge on any atom is 0.305 e. The Bertz CT molecular complexity index is 153. The van der Waals surface area contributed by atoms with Crippen LogP contribution in [0.4, 0.5) is 0 Å². The Kier molecular flexibility index (Phi) is 23.9. The molecule has 0 aromatic carbocycles. The molecule has 0 aliphatic carbocycles. The minimum atomic E-state index is -0.119. The summed E-state index contributed by atoms with van der Waals surface area (Å²) in [5, 5.41) is 5.22. The number of nitrogens with two attached hydrogens (primary N) is 2. The van der Waals surface area contributed by atoms with Crippen LogP contribution in [0.1, 0.15) is 32.1 Å². The first kappa shape index (κ1) is 21.6. The molecule has 100 valence electrons. The molecule has 0 saturated heterocycles. The molecule has 0 atom stereocenters. The Morgan fingerprint density at radius 1 is 1.12 bits per heavy atom. The largest absolute Gasteiger partial charge is 0.466 e. The van der Waals surface area contributed by atoms with Crippen molar-refractivity contribution in [2.24, 2.45) is 10.9 Å². The maximum absolute atomic E-state index is 11.1. The smallest absolute Gasteiger partial charge is 0.305 e. The predicted octanol–water partition coefficient (Wildman–Crippen LogP) is 1.89. The van der Waals surface area contributed by atoms with Crippen molar-refractivity contribution in [3.8, 4) is 0 Å². The number of esters is 1. The second-order valence-electron chi connectivity index (χ2n) is 3.04. The first-order valence-electron chi connectivity index (χ1n) is 4.98. The summed E-state index contributed by atoms with van der Waals surface area (Å²) in [6.45, 7) is 1.23. The van der Waals surface area contributed by atoms with Crippen LogP contribution >= 0.6 is 36.8 Å². The van der Waals surface area contributed by atoms with Crippen LogP contribution in [-0.2, 0) is 9.53 Å². The Morgan fingerprint density at radius 2 is 1.81 bits per heavy atom. The van der Waals surface area contributed by atoms with Gasteiger partial charge in [-0.15, -0.1) is 24.8 Å². The van der Waals surface area contributed by atoms with Crippen molar-refractivity contribution >= 4 is 42.7 Å². The number of unbranched alkanes of at least 4 members (excludes halogenated alkanes) is 2. The number of carbonyl (C=O) groups excluding carboxylic acids is 1. The van der Waals surface area contributed by atoms with E-state index in [0.29, 0.717) is 19.6 Å². The highest BCUT2D eigenvalue weighted by Crippen LogP contribution is 2.00. The van der Waals surface area contributed by atoms with Gasteiger partial charge in [0.25, 0.3) is 0 Å². The number of carbonyl (C=O) groups is 1. The van der Waals surface area contributed by atoms with Crippen LogP contribution in [0.5, 0.6) is 0 Å². The molecule has 0 amide bonds. The lowest BCUT2D eigenvalue weighted by molar-refractivity contribution is -0.143. The van der Waals surface area contributed by atoms with Gasteiger partial charge < -0.3 is 10.5 Å². The Morgan fingerprint density at radius 3 is 2.38 bits per heavy atom. The minimum absolute atomic E-state index is 0. The quantitative estimate of drug-likeness (QED) is 0.385. The Labute approximate surface area is 114 Å². The first-order chi connectivity index (χ1) is 6.81. The maximum atomic E-state index is 11.1. The summed E-state index contributed by atoms with van der Waals surface area (Å²) >= 11 is 1.26. The molecular weight excluding hydrogens is 271 g/mol. The zero-order valence-electron chi connectivity index (χ0n) is 9.35. The van der Waals surface area contributed by atoms with Gasteiger partial charge in [-0.2, -0.15) is 0 Å². The van der Waals surface area contributed by atoms with E-state index in [2.05, 4.69) is 0 Å². The molecule has 0 spiro atoms. The lowest BCUT2D eigenvalue weighted by Crippen LogP contribution is -2.07. The number of halogens is 2. The van der Waals surface area contributed by atoms with E-state index in [4.69, 9.17) is 15.6 Å². The molecule has 0 bridgehead atoms. The first-order valence-corrected chi connectivity index (χ1v) is 6.03. The molecule has 0 aromatic heterocycles. The monoisotopic (exact) mass is 292 g/mol. The van der Waals surface area contributed by atoms with Crippen LogP contribution < -0.4 is 10.9 Å². The number of hydrogen-bond acceptors (Lipinski definition) is 5. The van der Waals surface area contributed by atoms with Gasteiger partial charge in [-0.1, -0.05) is 11.9 Å². The van der Waals surface area contributed by atoms with E-state index < -0.39 is 0 Å². The SMILES string of the molecule is Cl.Cl.NCCCCCOC(=O)CCCSN. The van der Waals surface area contributed by atoms with E-state index in [-0.39, 0.29) is 30.8 Å². The lowest BCUT2D eigenvalue weighted by atomic mass is 10.2. The number of hydrogen-bond donors (Lipinski definition) is 2. The van der Waals surface area contributed by atoms with Gasteiger partial charge in [0, 0.05) is 12.2 Å². The van der Waals surface area contributed by atoms with Crippen molar-refractivity contribution in [2.45, 2.75) is 32.1 Å². The van der Waals surface area contributed by atoms with Crippen molar-refractivity contribution in [3.05, 3.63) is 0 Å². The topological polar surface area (TPSA) is 78.3 Å². The third-order valence-corrected chi connectivity index (χ3v) is 2.28. The molecule has 0 saturated carbocycles. The summed E-state index contributed by atoms with van der Waals surface area (Å²) in [4.78, 5) is 11.1. The molecule has 4 nitrogen and oxygen atoms in total. The van der Waals surface area contributed by atoms with E-state index in [1.54, 1.807) is 0 Å². The van der Waals surface area contributed by atoms with Crippen molar-refractivity contribution in [3.63, 3.8) is 0 Å². The summed E-state index contributed by atoms with van der Waals surface area (Å²) < 4.78 is 5.01. The molecule has 7 heteroatoms. The van der Waals surface area contributed by atoms with Gasteiger partial charge >= 0.3 is 5.97 Å². The Hall–Kier alpha value is 0.320. The van der Waals surface area contributed by atoms with Gasteiger partial charge in [0.15, 0.2) is 0 Å². The third kappa shape index (κ3) is 16.7. The molecule has 0 rings (SSSR count). The van der Waals surface area contributed by atoms with Crippen LogP contribution in [0, 0.1) is 0 Å². The second-order valence-corrected chi connectivity index (χ2v) is 3.79. The predicted molar refractivity (Wildman–Crippen MR) is 74.2 cm³/mol. The summed E-state index contributed by atoms with van der Waals surface area (Å²) in [6, 6.07) is 0. The lowest BCUT2D eigenvalue weighted by Gasteiger charge is -2.03. The van der Waals surface area contributed by atoms with Crippen LogP contribution in [0.15, 0.2) is 0 Å². The van der Waals surface area contributed by atoms with Gasteiger partial charge in [-0.3, -0.25) is 9.93 Å². The molecule has 0 fully saturated rings. The minimum Gasteiger partial charge on any atom is -0.466 e. The summed E-state index contributed by atoms with van der Waals surface area (Å²) in [7, 11) is 0. The van der Waals surface area contributed by atoms with Crippen LogP contribution in [0.2, 0.25) is 0 Å². The zero-order valence-corrected chi connectivity index (χ0v) is 11.8. The highest BCUT2D eigenvalue weighted by Gasteiger charge is 2.01. The fraction of sp³-hybridized carbons (Fsp3) is 0.889. The van der Waals surface area contributed by atoms with E-state index in [1.807, 2.05) is 0 Å². The van der Waals surface area contributed by atoms with E-state index in [0.717, 1.165) is 31.4 Å². The normalized spacial score (nSPS) is 8.88. The molecule has 16 heavy (non-hydrogen) atoms. The van der Waals surface area contributed by atoms with Crippen LogP contribution in [0.25, 0.3) is 0 Å². The summed E-state index contributed by atoms with van der Waals surface area (Å²) in [5.41, 5.74) is 5.33. The Balaban J connectivity index is -0.000000845. The molecule has 4 N–H and O–H groups in total. The highest BCUT2D eigenvalue weighted by atomic mass is 35.5. The number of ether oxygens (including phenoxy) is 1. The van der Waals surface area contributed by atoms with Gasteiger partial charge in [-0.05, 0) is 32.2 Å².